The van der Waals surface area contributed by atoms with Crippen LogP contribution in [0.25, 0.3) is 0 Å². The molecule has 2 N–H and O–H groups in total. The standard InChI is InChI=1S/C18H22F2N2O5/c19-17(20)12-9-14(18(25)26)22(11-12)16(24)10-21-15(23)7-4-8-27-13-5-2-1-3-6-13/h1-3,5-6,12,14,17H,4,7-11H2,(H,21,23)(H,25,26). The van der Waals surface area contributed by atoms with Gasteiger partial charge in [-0.1, -0.05) is 18.2 Å². The first kappa shape index (κ1) is 20.6. The molecule has 2 unspecified atom stereocenters. The summed E-state index contributed by atoms with van der Waals surface area (Å²) in [4.78, 5) is 36.0. The molecular formula is C18H22F2N2O5. The maximum atomic E-state index is 12.8. The zero-order valence-corrected chi connectivity index (χ0v) is 14.6. The number of hydrogen-bond donors (Lipinski definition) is 2. The molecule has 1 aromatic carbocycles. The zero-order chi connectivity index (χ0) is 19.8. The van der Waals surface area contributed by atoms with E-state index < -0.39 is 42.7 Å². The van der Waals surface area contributed by atoms with Crippen LogP contribution in [0.3, 0.4) is 0 Å². The van der Waals surface area contributed by atoms with Gasteiger partial charge < -0.3 is 20.1 Å². The van der Waals surface area contributed by atoms with Crippen LogP contribution in [0.5, 0.6) is 5.75 Å². The van der Waals surface area contributed by atoms with Crippen molar-refractivity contribution in [3.63, 3.8) is 0 Å². The van der Waals surface area contributed by atoms with Gasteiger partial charge in [0.15, 0.2) is 0 Å². The maximum absolute atomic E-state index is 12.8. The minimum absolute atomic E-state index is 0.127. The summed E-state index contributed by atoms with van der Waals surface area (Å²) in [6, 6.07) is 7.81. The summed E-state index contributed by atoms with van der Waals surface area (Å²) in [6.07, 6.45) is -2.42. The average Bonchev–Trinajstić information content (AvgIpc) is 3.10. The molecule has 0 radical (unpaired) electrons. The third kappa shape index (κ3) is 6.19. The molecule has 0 bridgehead atoms. The number of carbonyl (C=O) groups excluding carboxylic acids is 2. The van der Waals surface area contributed by atoms with Gasteiger partial charge >= 0.3 is 5.97 Å². The van der Waals surface area contributed by atoms with Crippen LogP contribution in [0, 0.1) is 5.92 Å². The number of halogens is 2. The van der Waals surface area contributed by atoms with Gasteiger partial charge in [-0.3, -0.25) is 9.59 Å². The highest BCUT2D eigenvalue weighted by Gasteiger charge is 2.42. The second-order valence-electron chi connectivity index (χ2n) is 6.27. The molecule has 2 rings (SSSR count). The number of carboxylic acid groups (broad SMARTS) is 1. The summed E-state index contributed by atoms with van der Waals surface area (Å²) >= 11 is 0. The van der Waals surface area contributed by atoms with E-state index in [-0.39, 0.29) is 19.4 Å². The first-order valence-electron chi connectivity index (χ1n) is 8.63. The number of para-hydroxylation sites is 1. The van der Waals surface area contributed by atoms with Crippen molar-refractivity contribution in [2.75, 3.05) is 19.7 Å². The summed E-state index contributed by atoms with van der Waals surface area (Å²) in [5.41, 5.74) is 0. The largest absolute Gasteiger partial charge is 0.494 e. The lowest BCUT2D eigenvalue weighted by Crippen LogP contribution is -2.45. The van der Waals surface area contributed by atoms with E-state index >= 15 is 0 Å². The summed E-state index contributed by atoms with van der Waals surface area (Å²) < 4.78 is 31.1. The van der Waals surface area contributed by atoms with Gasteiger partial charge in [-0.25, -0.2) is 13.6 Å². The lowest BCUT2D eigenvalue weighted by atomic mass is 10.1. The number of carbonyl (C=O) groups is 3. The minimum atomic E-state index is -2.69. The highest BCUT2D eigenvalue weighted by atomic mass is 19.3. The second kappa shape index (κ2) is 9.84. The van der Waals surface area contributed by atoms with Crippen molar-refractivity contribution in [1.29, 1.82) is 0 Å². The Morgan fingerprint density at radius 2 is 1.96 bits per heavy atom. The molecule has 1 aliphatic rings. The lowest BCUT2D eigenvalue weighted by Gasteiger charge is -2.21. The number of aliphatic carboxylic acids is 1. The quantitative estimate of drug-likeness (QED) is 0.630. The predicted octanol–water partition coefficient (Wildman–Crippen LogP) is 1.53. The fourth-order valence-electron chi connectivity index (χ4n) is 2.86. The molecule has 0 spiro atoms. The van der Waals surface area contributed by atoms with Crippen LogP contribution >= 0.6 is 0 Å². The topological polar surface area (TPSA) is 95.9 Å². The summed E-state index contributed by atoms with van der Waals surface area (Å²) in [6.45, 7) is -0.416. The van der Waals surface area contributed by atoms with Crippen LogP contribution in [0.1, 0.15) is 19.3 Å². The number of likely N-dealkylation sites (tertiary alicyclic amines) is 1. The number of nitrogens with one attached hydrogen (secondary N) is 1. The van der Waals surface area contributed by atoms with Gasteiger partial charge in [0.05, 0.1) is 13.2 Å². The highest BCUT2D eigenvalue weighted by Crippen LogP contribution is 2.28. The molecule has 27 heavy (non-hydrogen) atoms. The van der Waals surface area contributed by atoms with Crippen LogP contribution in [-0.4, -0.2) is 60.0 Å². The Bertz CT molecular complexity index is 656. The molecule has 1 fully saturated rings. The number of amides is 2. The van der Waals surface area contributed by atoms with Crippen molar-refractivity contribution in [3.8, 4) is 5.75 Å². The van der Waals surface area contributed by atoms with Gasteiger partial charge in [0, 0.05) is 18.9 Å². The molecule has 0 aromatic heterocycles. The van der Waals surface area contributed by atoms with E-state index in [2.05, 4.69) is 5.32 Å². The predicted molar refractivity (Wildman–Crippen MR) is 91.4 cm³/mol. The molecular weight excluding hydrogens is 362 g/mol. The van der Waals surface area contributed by atoms with E-state index in [9.17, 15) is 23.2 Å². The molecule has 0 saturated carbocycles. The van der Waals surface area contributed by atoms with Crippen LogP contribution in [0.2, 0.25) is 0 Å². The number of hydrogen-bond acceptors (Lipinski definition) is 4. The number of ether oxygens (including phenoxy) is 1. The normalized spacial score (nSPS) is 19.1. The van der Waals surface area contributed by atoms with Crippen molar-refractivity contribution in [2.24, 2.45) is 5.92 Å². The van der Waals surface area contributed by atoms with E-state index in [0.717, 1.165) is 4.90 Å². The number of rotatable bonds is 9. The zero-order valence-electron chi connectivity index (χ0n) is 14.6. The maximum Gasteiger partial charge on any atom is 0.326 e. The van der Waals surface area contributed by atoms with Crippen molar-refractivity contribution >= 4 is 17.8 Å². The molecule has 1 aromatic rings. The van der Waals surface area contributed by atoms with Crippen molar-refractivity contribution in [3.05, 3.63) is 30.3 Å². The van der Waals surface area contributed by atoms with E-state index in [1.165, 1.54) is 0 Å². The van der Waals surface area contributed by atoms with Gasteiger partial charge in [0.1, 0.15) is 11.8 Å². The van der Waals surface area contributed by atoms with Crippen LogP contribution in [-0.2, 0) is 14.4 Å². The monoisotopic (exact) mass is 384 g/mol. The second-order valence-corrected chi connectivity index (χ2v) is 6.27. The summed E-state index contributed by atoms with van der Waals surface area (Å²) in [7, 11) is 0. The van der Waals surface area contributed by atoms with Crippen LogP contribution in [0.4, 0.5) is 8.78 Å². The Hall–Kier alpha value is -2.71. The van der Waals surface area contributed by atoms with Gasteiger partial charge in [-0.15, -0.1) is 0 Å². The lowest BCUT2D eigenvalue weighted by molar-refractivity contribution is -0.148. The molecule has 1 heterocycles. The fraction of sp³-hybridized carbons (Fsp3) is 0.500. The van der Waals surface area contributed by atoms with Crippen molar-refractivity contribution < 1.29 is 33.0 Å². The molecule has 2 atom stereocenters. The average molecular weight is 384 g/mol. The number of alkyl halides is 2. The summed E-state index contributed by atoms with van der Waals surface area (Å²) in [5.74, 6) is -2.87. The minimum Gasteiger partial charge on any atom is -0.494 e. The van der Waals surface area contributed by atoms with Crippen LogP contribution < -0.4 is 10.1 Å². The number of nitrogens with zero attached hydrogens (tertiary/aromatic N) is 1. The molecule has 9 heteroatoms. The Morgan fingerprint density at radius 1 is 1.26 bits per heavy atom. The molecule has 148 valence electrons. The molecule has 1 aliphatic heterocycles. The van der Waals surface area contributed by atoms with Gasteiger partial charge in [0.25, 0.3) is 0 Å². The third-order valence-corrected chi connectivity index (χ3v) is 4.29. The molecule has 7 nitrogen and oxygen atoms in total. The van der Waals surface area contributed by atoms with E-state index in [1.807, 2.05) is 18.2 Å². The molecule has 2 amide bonds. The van der Waals surface area contributed by atoms with Gasteiger partial charge in [-0.2, -0.15) is 0 Å². The smallest absolute Gasteiger partial charge is 0.326 e. The first-order valence-corrected chi connectivity index (χ1v) is 8.63. The number of benzene rings is 1. The Morgan fingerprint density at radius 3 is 2.59 bits per heavy atom. The Labute approximate surface area is 155 Å². The van der Waals surface area contributed by atoms with E-state index in [0.29, 0.717) is 18.8 Å². The molecule has 1 saturated heterocycles. The SMILES string of the molecule is O=C(CCCOc1ccccc1)NCC(=O)N1CC(C(F)F)CC1C(=O)O. The third-order valence-electron chi connectivity index (χ3n) is 4.29. The number of carboxylic acids is 1. The fourth-order valence-corrected chi connectivity index (χ4v) is 2.86. The Kier molecular flexibility index (Phi) is 7.51. The van der Waals surface area contributed by atoms with E-state index in [1.54, 1.807) is 12.1 Å². The highest BCUT2D eigenvalue weighted by molar-refractivity contribution is 5.88. The van der Waals surface area contributed by atoms with Crippen LogP contribution in [0.15, 0.2) is 30.3 Å². The van der Waals surface area contributed by atoms with Gasteiger partial charge in [-0.05, 0) is 25.0 Å². The van der Waals surface area contributed by atoms with Crippen molar-refractivity contribution in [2.45, 2.75) is 31.7 Å². The first-order chi connectivity index (χ1) is 12.9. The molecule has 0 aliphatic carbocycles. The Balaban J connectivity index is 1.70. The summed E-state index contributed by atoms with van der Waals surface area (Å²) in [5, 5.41) is 11.5. The van der Waals surface area contributed by atoms with Gasteiger partial charge in [0.2, 0.25) is 18.2 Å². The van der Waals surface area contributed by atoms with E-state index in [4.69, 9.17) is 9.84 Å². The van der Waals surface area contributed by atoms with Crippen molar-refractivity contribution in [1.82, 2.24) is 10.2 Å².